The van der Waals surface area contributed by atoms with Crippen molar-refractivity contribution in [2.24, 2.45) is 0 Å². The van der Waals surface area contributed by atoms with Crippen LogP contribution in [0.3, 0.4) is 0 Å². The highest BCUT2D eigenvalue weighted by atomic mass is 16.5. The Morgan fingerprint density at radius 1 is 1.20 bits per heavy atom. The van der Waals surface area contributed by atoms with E-state index < -0.39 is 0 Å². The Balaban J connectivity index is 2.12. The Bertz CT molecular complexity index is 313. The van der Waals surface area contributed by atoms with Crippen LogP contribution in [0.5, 0.6) is 0 Å². The maximum absolute atomic E-state index is 10.9. The fourth-order valence-corrected chi connectivity index (χ4v) is 2.37. The van der Waals surface area contributed by atoms with Gasteiger partial charge in [0.15, 0.2) is 12.4 Å². The lowest BCUT2D eigenvalue weighted by atomic mass is 9.87. The zero-order valence-electron chi connectivity index (χ0n) is 9.22. The minimum absolute atomic E-state index is 0.318. The number of ether oxygens (including phenoxy) is 1. The summed E-state index contributed by atoms with van der Waals surface area (Å²) in [4.78, 5) is 0. The van der Waals surface area contributed by atoms with Gasteiger partial charge in [0, 0.05) is 12.1 Å². The fraction of sp³-hybridized carbons (Fsp3) is 0.583. The number of pyridine rings is 1. The van der Waals surface area contributed by atoms with Gasteiger partial charge in [-0.15, -0.1) is 0 Å². The van der Waals surface area contributed by atoms with Gasteiger partial charge in [-0.3, -0.25) is 0 Å². The van der Waals surface area contributed by atoms with Crippen LogP contribution >= 0.6 is 0 Å². The second-order valence-electron chi connectivity index (χ2n) is 4.42. The fourth-order valence-electron chi connectivity index (χ4n) is 2.37. The maximum atomic E-state index is 10.9. The lowest BCUT2D eigenvalue weighted by molar-refractivity contribution is -0.605. The zero-order valence-corrected chi connectivity index (χ0v) is 9.22. The molecule has 0 aromatic carbocycles. The molecule has 0 amide bonds. The topological polar surface area (TPSA) is 36.2 Å². The molecule has 3 nitrogen and oxygen atoms in total. The van der Waals surface area contributed by atoms with Crippen molar-refractivity contribution in [3.63, 3.8) is 0 Å². The van der Waals surface area contributed by atoms with E-state index >= 15 is 0 Å². The third kappa shape index (κ3) is 2.48. The van der Waals surface area contributed by atoms with E-state index in [0.29, 0.717) is 18.1 Å². The standard InChI is InChI=1S/C12H17NO2/c1-9-7-12(8-10(2)15-9)11-3-5-13(14)6-4-11/h3-6,9-10,12H,7-8H2,1-2H3. The Kier molecular flexibility index (Phi) is 2.91. The molecular formula is C12H17NO2. The lowest BCUT2D eigenvalue weighted by Crippen LogP contribution is -2.29. The number of aromatic nitrogens is 1. The molecule has 3 heteroatoms. The summed E-state index contributed by atoms with van der Waals surface area (Å²) in [6.07, 6.45) is 5.87. The van der Waals surface area contributed by atoms with Crippen LogP contribution in [0, 0.1) is 5.21 Å². The summed E-state index contributed by atoms with van der Waals surface area (Å²) in [5, 5.41) is 10.9. The molecule has 0 saturated carbocycles. The van der Waals surface area contributed by atoms with Gasteiger partial charge in [-0.1, -0.05) is 0 Å². The van der Waals surface area contributed by atoms with Gasteiger partial charge in [-0.25, -0.2) is 0 Å². The van der Waals surface area contributed by atoms with Crippen LogP contribution in [-0.2, 0) is 4.74 Å². The summed E-state index contributed by atoms with van der Waals surface area (Å²) in [5.74, 6) is 0.532. The van der Waals surface area contributed by atoms with E-state index in [1.807, 2.05) is 12.1 Å². The Labute approximate surface area is 90.3 Å². The normalized spacial score (nSPS) is 31.5. The van der Waals surface area contributed by atoms with E-state index in [1.165, 1.54) is 5.56 Å². The molecule has 15 heavy (non-hydrogen) atoms. The van der Waals surface area contributed by atoms with E-state index in [9.17, 15) is 5.21 Å². The average Bonchev–Trinajstić information content (AvgIpc) is 2.17. The first-order valence-corrected chi connectivity index (χ1v) is 5.49. The molecule has 1 aromatic heterocycles. The number of hydrogen-bond acceptors (Lipinski definition) is 2. The van der Waals surface area contributed by atoms with Gasteiger partial charge >= 0.3 is 0 Å². The second-order valence-corrected chi connectivity index (χ2v) is 4.42. The van der Waals surface area contributed by atoms with Gasteiger partial charge in [0.05, 0.1) is 12.2 Å². The minimum atomic E-state index is 0.318. The highest BCUT2D eigenvalue weighted by molar-refractivity contribution is 5.15. The van der Waals surface area contributed by atoms with Gasteiger partial charge in [0.2, 0.25) is 0 Å². The first kappa shape index (κ1) is 10.4. The predicted molar refractivity (Wildman–Crippen MR) is 57.4 cm³/mol. The first-order chi connectivity index (χ1) is 7.15. The molecule has 0 bridgehead atoms. The molecule has 0 aliphatic carbocycles. The van der Waals surface area contributed by atoms with Crippen LogP contribution < -0.4 is 4.73 Å². The SMILES string of the molecule is CC1CC(c2cc[n+]([O-])cc2)CC(C)O1. The van der Waals surface area contributed by atoms with Crippen molar-refractivity contribution in [3.05, 3.63) is 35.3 Å². The maximum Gasteiger partial charge on any atom is 0.180 e. The molecule has 1 aromatic rings. The largest absolute Gasteiger partial charge is 0.619 e. The Morgan fingerprint density at radius 3 is 2.27 bits per heavy atom. The quantitative estimate of drug-likeness (QED) is 0.521. The predicted octanol–water partition coefficient (Wildman–Crippen LogP) is 1.99. The Morgan fingerprint density at radius 2 is 1.73 bits per heavy atom. The monoisotopic (exact) mass is 207 g/mol. The zero-order chi connectivity index (χ0) is 10.8. The molecule has 2 unspecified atom stereocenters. The van der Waals surface area contributed by atoms with Crippen molar-refractivity contribution in [1.29, 1.82) is 0 Å². The van der Waals surface area contributed by atoms with E-state index in [0.717, 1.165) is 17.6 Å². The van der Waals surface area contributed by atoms with Crippen LogP contribution in [0.1, 0.15) is 38.2 Å². The highest BCUT2D eigenvalue weighted by Crippen LogP contribution is 2.32. The van der Waals surface area contributed by atoms with Crippen LogP contribution in [0.2, 0.25) is 0 Å². The van der Waals surface area contributed by atoms with Crippen LogP contribution in [0.4, 0.5) is 0 Å². The minimum Gasteiger partial charge on any atom is -0.619 e. The molecule has 1 aliphatic rings. The molecule has 1 fully saturated rings. The van der Waals surface area contributed by atoms with Gasteiger partial charge in [-0.2, -0.15) is 4.73 Å². The van der Waals surface area contributed by atoms with Gasteiger partial charge in [-0.05, 0) is 38.2 Å². The van der Waals surface area contributed by atoms with Crippen molar-refractivity contribution in [3.8, 4) is 0 Å². The van der Waals surface area contributed by atoms with Crippen molar-refractivity contribution in [2.75, 3.05) is 0 Å². The van der Waals surface area contributed by atoms with Gasteiger partial charge in [0.1, 0.15) is 0 Å². The van der Waals surface area contributed by atoms with Gasteiger partial charge in [0.25, 0.3) is 0 Å². The second kappa shape index (κ2) is 4.19. The molecule has 82 valence electrons. The molecule has 0 spiro atoms. The van der Waals surface area contributed by atoms with E-state index in [-0.39, 0.29) is 0 Å². The summed E-state index contributed by atoms with van der Waals surface area (Å²) in [7, 11) is 0. The summed E-state index contributed by atoms with van der Waals surface area (Å²) < 4.78 is 6.52. The summed E-state index contributed by atoms with van der Waals surface area (Å²) >= 11 is 0. The van der Waals surface area contributed by atoms with Gasteiger partial charge < -0.3 is 9.94 Å². The summed E-state index contributed by atoms with van der Waals surface area (Å²) in [6, 6.07) is 3.84. The average molecular weight is 207 g/mol. The van der Waals surface area contributed by atoms with Crippen LogP contribution in [-0.4, -0.2) is 12.2 Å². The molecular weight excluding hydrogens is 190 g/mol. The molecule has 2 atom stereocenters. The van der Waals surface area contributed by atoms with E-state index in [2.05, 4.69) is 13.8 Å². The third-order valence-electron chi connectivity index (χ3n) is 3.00. The van der Waals surface area contributed by atoms with Crippen molar-refractivity contribution in [2.45, 2.75) is 44.8 Å². The molecule has 1 saturated heterocycles. The number of rotatable bonds is 1. The summed E-state index contributed by atoms with van der Waals surface area (Å²) in [5.41, 5.74) is 1.25. The molecule has 2 rings (SSSR count). The Hall–Kier alpha value is -1.09. The molecule has 0 radical (unpaired) electrons. The van der Waals surface area contributed by atoms with Crippen LogP contribution in [0.25, 0.3) is 0 Å². The van der Waals surface area contributed by atoms with Crippen LogP contribution in [0.15, 0.2) is 24.5 Å². The third-order valence-corrected chi connectivity index (χ3v) is 3.00. The number of hydrogen-bond donors (Lipinski definition) is 0. The summed E-state index contributed by atoms with van der Waals surface area (Å²) in [6.45, 7) is 4.22. The smallest absolute Gasteiger partial charge is 0.180 e. The lowest BCUT2D eigenvalue weighted by Gasteiger charge is -2.32. The van der Waals surface area contributed by atoms with E-state index in [4.69, 9.17) is 4.74 Å². The van der Waals surface area contributed by atoms with E-state index in [1.54, 1.807) is 12.4 Å². The molecule has 1 aliphatic heterocycles. The molecule has 2 heterocycles. The number of nitrogens with zero attached hydrogens (tertiary/aromatic N) is 1. The van der Waals surface area contributed by atoms with Crippen molar-refractivity contribution < 1.29 is 9.47 Å². The van der Waals surface area contributed by atoms with Crippen molar-refractivity contribution >= 4 is 0 Å². The molecule has 0 N–H and O–H groups in total. The first-order valence-electron chi connectivity index (χ1n) is 5.49. The highest BCUT2D eigenvalue weighted by Gasteiger charge is 2.25. The van der Waals surface area contributed by atoms with Crippen molar-refractivity contribution in [1.82, 2.24) is 0 Å².